The Balaban J connectivity index is 1.29. The van der Waals surface area contributed by atoms with Crippen LogP contribution < -0.4 is 5.32 Å². The standard InChI is InChI=1S/C27H28N4O5/c1-27(2,3)21-16-22(31(29-21)18-10-5-4-6-11-18)28-23(32)17-36-24(33)14-9-15-30-25(34)19-12-7-8-13-20(19)26(30)35/h4-8,10-13,16H,9,14-15,17H2,1-3H3,(H,28,32). The summed E-state index contributed by atoms with van der Waals surface area (Å²) in [7, 11) is 0. The number of para-hydroxylation sites is 1. The fourth-order valence-electron chi connectivity index (χ4n) is 3.82. The van der Waals surface area contributed by atoms with Crippen molar-refractivity contribution in [1.29, 1.82) is 0 Å². The molecule has 0 saturated carbocycles. The smallest absolute Gasteiger partial charge is 0.306 e. The highest BCUT2D eigenvalue weighted by Crippen LogP contribution is 2.26. The van der Waals surface area contributed by atoms with Gasteiger partial charge >= 0.3 is 5.97 Å². The lowest BCUT2D eigenvalue weighted by Crippen LogP contribution is -2.31. The first-order valence-electron chi connectivity index (χ1n) is 11.7. The first-order chi connectivity index (χ1) is 17.1. The van der Waals surface area contributed by atoms with Gasteiger partial charge in [-0.05, 0) is 30.7 Å². The lowest BCUT2D eigenvalue weighted by atomic mass is 9.92. The summed E-state index contributed by atoms with van der Waals surface area (Å²) in [6, 6.07) is 17.8. The molecule has 0 aliphatic carbocycles. The molecule has 1 N–H and O–H groups in total. The molecule has 1 aliphatic rings. The van der Waals surface area contributed by atoms with Crippen molar-refractivity contribution >= 4 is 29.5 Å². The van der Waals surface area contributed by atoms with Crippen LogP contribution in [0.5, 0.6) is 0 Å². The van der Waals surface area contributed by atoms with Gasteiger partial charge in [0.2, 0.25) is 0 Å². The SMILES string of the molecule is CC(C)(C)c1cc(NC(=O)COC(=O)CCCN2C(=O)c3ccccc3C2=O)n(-c2ccccc2)n1. The lowest BCUT2D eigenvalue weighted by molar-refractivity contribution is -0.147. The average Bonchev–Trinajstić information content (AvgIpc) is 3.39. The second-order valence-corrected chi connectivity index (χ2v) is 9.53. The first kappa shape index (κ1) is 24.8. The molecule has 0 radical (unpaired) electrons. The monoisotopic (exact) mass is 488 g/mol. The molecule has 3 aromatic rings. The number of nitrogens with one attached hydrogen (secondary N) is 1. The van der Waals surface area contributed by atoms with Gasteiger partial charge in [-0.1, -0.05) is 51.1 Å². The maximum atomic E-state index is 12.5. The minimum absolute atomic E-state index is 0.0309. The normalized spacial score (nSPS) is 13.0. The van der Waals surface area contributed by atoms with Gasteiger partial charge in [-0.15, -0.1) is 0 Å². The number of anilines is 1. The highest BCUT2D eigenvalue weighted by atomic mass is 16.5. The molecular formula is C27H28N4O5. The zero-order chi connectivity index (χ0) is 25.9. The summed E-state index contributed by atoms with van der Waals surface area (Å²) in [4.78, 5) is 50.6. The molecule has 1 aromatic heterocycles. The van der Waals surface area contributed by atoms with Crippen LogP contribution in [0.3, 0.4) is 0 Å². The summed E-state index contributed by atoms with van der Waals surface area (Å²) >= 11 is 0. The van der Waals surface area contributed by atoms with Gasteiger partial charge in [0.25, 0.3) is 17.7 Å². The Kier molecular flexibility index (Phi) is 7.00. The summed E-state index contributed by atoms with van der Waals surface area (Å²) in [5.41, 5.74) is 2.09. The van der Waals surface area contributed by atoms with E-state index in [1.807, 2.05) is 51.1 Å². The minimum Gasteiger partial charge on any atom is -0.456 e. The summed E-state index contributed by atoms with van der Waals surface area (Å²) in [6.07, 6.45) is 0.207. The summed E-state index contributed by atoms with van der Waals surface area (Å²) < 4.78 is 6.75. The van der Waals surface area contributed by atoms with E-state index >= 15 is 0 Å². The van der Waals surface area contributed by atoms with Crippen molar-refractivity contribution < 1.29 is 23.9 Å². The average molecular weight is 489 g/mol. The molecule has 0 bridgehead atoms. The number of ether oxygens (including phenoxy) is 1. The summed E-state index contributed by atoms with van der Waals surface area (Å²) in [5.74, 6) is -1.35. The number of hydrogen-bond acceptors (Lipinski definition) is 6. The van der Waals surface area contributed by atoms with Crippen molar-refractivity contribution in [3.05, 3.63) is 77.5 Å². The number of carbonyl (C=O) groups is 4. The molecule has 2 aromatic carbocycles. The Bertz CT molecular complexity index is 1270. The number of esters is 1. The second-order valence-electron chi connectivity index (χ2n) is 9.53. The van der Waals surface area contributed by atoms with E-state index < -0.39 is 18.5 Å². The van der Waals surface area contributed by atoms with Crippen LogP contribution in [0.4, 0.5) is 5.82 Å². The van der Waals surface area contributed by atoms with E-state index in [1.54, 1.807) is 35.0 Å². The molecule has 2 heterocycles. The highest BCUT2D eigenvalue weighted by Gasteiger charge is 2.34. The number of amides is 3. The molecule has 9 nitrogen and oxygen atoms in total. The number of nitrogens with zero attached hydrogens (tertiary/aromatic N) is 3. The van der Waals surface area contributed by atoms with Crippen molar-refractivity contribution in [3.63, 3.8) is 0 Å². The lowest BCUT2D eigenvalue weighted by Gasteiger charge is -2.14. The van der Waals surface area contributed by atoms with E-state index in [4.69, 9.17) is 4.74 Å². The van der Waals surface area contributed by atoms with Gasteiger partial charge in [-0.3, -0.25) is 24.1 Å². The molecule has 186 valence electrons. The van der Waals surface area contributed by atoms with Gasteiger partial charge in [0, 0.05) is 24.4 Å². The Labute approximate surface area is 209 Å². The number of benzene rings is 2. The number of carbonyl (C=O) groups excluding carboxylic acids is 4. The van der Waals surface area contributed by atoms with E-state index in [1.165, 1.54) is 0 Å². The molecule has 4 rings (SSSR count). The largest absolute Gasteiger partial charge is 0.456 e. The quantitative estimate of drug-likeness (QED) is 0.382. The zero-order valence-corrected chi connectivity index (χ0v) is 20.5. The molecule has 0 spiro atoms. The van der Waals surface area contributed by atoms with Crippen molar-refractivity contribution in [2.24, 2.45) is 0 Å². The van der Waals surface area contributed by atoms with E-state index in [-0.39, 0.29) is 36.6 Å². The minimum atomic E-state index is -0.589. The maximum absolute atomic E-state index is 12.5. The number of rotatable bonds is 8. The van der Waals surface area contributed by atoms with Crippen LogP contribution in [-0.2, 0) is 19.7 Å². The van der Waals surface area contributed by atoms with Crippen LogP contribution in [0.25, 0.3) is 5.69 Å². The van der Waals surface area contributed by atoms with Gasteiger partial charge in [-0.2, -0.15) is 5.10 Å². The van der Waals surface area contributed by atoms with Crippen molar-refractivity contribution in [2.75, 3.05) is 18.5 Å². The van der Waals surface area contributed by atoms with Gasteiger partial charge in [0.1, 0.15) is 5.82 Å². The van der Waals surface area contributed by atoms with Crippen molar-refractivity contribution in [3.8, 4) is 5.69 Å². The third-order valence-corrected chi connectivity index (χ3v) is 5.75. The molecule has 0 saturated heterocycles. The van der Waals surface area contributed by atoms with E-state index in [0.717, 1.165) is 16.3 Å². The van der Waals surface area contributed by atoms with Gasteiger partial charge in [-0.25, -0.2) is 4.68 Å². The molecule has 1 aliphatic heterocycles. The molecule has 3 amide bonds. The Morgan fingerprint density at radius 2 is 1.56 bits per heavy atom. The molecule has 9 heteroatoms. The fraction of sp³-hybridized carbons (Fsp3) is 0.296. The molecule has 0 unspecified atom stereocenters. The Morgan fingerprint density at radius 3 is 2.17 bits per heavy atom. The molecule has 36 heavy (non-hydrogen) atoms. The number of hydrogen-bond donors (Lipinski definition) is 1. The maximum Gasteiger partial charge on any atom is 0.306 e. The first-order valence-corrected chi connectivity index (χ1v) is 11.7. The van der Waals surface area contributed by atoms with Crippen LogP contribution in [0.1, 0.15) is 60.0 Å². The predicted octanol–water partition coefficient (Wildman–Crippen LogP) is 3.73. The highest BCUT2D eigenvalue weighted by molar-refractivity contribution is 6.21. The van der Waals surface area contributed by atoms with Crippen LogP contribution in [0.2, 0.25) is 0 Å². The fourth-order valence-corrected chi connectivity index (χ4v) is 3.82. The van der Waals surface area contributed by atoms with Gasteiger partial charge in [0.15, 0.2) is 6.61 Å². The van der Waals surface area contributed by atoms with Gasteiger partial charge < -0.3 is 10.1 Å². The number of fused-ring (bicyclic) bond motifs is 1. The molecule has 0 atom stereocenters. The third-order valence-electron chi connectivity index (χ3n) is 5.75. The van der Waals surface area contributed by atoms with Crippen LogP contribution in [0.15, 0.2) is 60.7 Å². The predicted molar refractivity (Wildman–Crippen MR) is 133 cm³/mol. The molecular weight excluding hydrogens is 460 g/mol. The molecule has 0 fully saturated rings. The van der Waals surface area contributed by atoms with E-state index in [0.29, 0.717) is 16.9 Å². The number of aromatic nitrogens is 2. The summed E-state index contributed by atoms with van der Waals surface area (Å²) in [6.45, 7) is 5.72. The van der Waals surface area contributed by atoms with Crippen LogP contribution >= 0.6 is 0 Å². The Hall–Kier alpha value is -4.27. The van der Waals surface area contributed by atoms with Crippen LogP contribution in [0, 0.1) is 0 Å². The second kappa shape index (κ2) is 10.2. The summed E-state index contributed by atoms with van der Waals surface area (Å²) in [5, 5.41) is 7.41. The van der Waals surface area contributed by atoms with Crippen LogP contribution in [-0.4, -0.2) is 51.5 Å². The van der Waals surface area contributed by atoms with Gasteiger partial charge in [0.05, 0.1) is 22.5 Å². The third kappa shape index (κ3) is 5.35. The van der Waals surface area contributed by atoms with Crippen molar-refractivity contribution in [2.45, 2.75) is 39.0 Å². The number of imide groups is 1. The Morgan fingerprint density at radius 1 is 0.944 bits per heavy atom. The van der Waals surface area contributed by atoms with E-state index in [9.17, 15) is 19.2 Å². The van der Waals surface area contributed by atoms with Crippen molar-refractivity contribution in [1.82, 2.24) is 14.7 Å². The topological polar surface area (TPSA) is 111 Å². The zero-order valence-electron chi connectivity index (χ0n) is 20.5. The van der Waals surface area contributed by atoms with E-state index in [2.05, 4.69) is 10.4 Å².